The van der Waals surface area contributed by atoms with Crippen molar-refractivity contribution in [2.45, 2.75) is 12.4 Å². The van der Waals surface area contributed by atoms with E-state index in [0.717, 1.165) is 19.2 Å². The molecule has 4 nitrogen and oxygen atoms in total. The number of amidine groups is 1. The summed E-state index contributed by atoms with van der Waals surface area (Å²) >= 11 is 0. The van der Waals surface area contributed by atoms with Crippen LogP contribution in [0.3, 0.4) is 0 Å². The Morgan fingerprint density at radius 2 is 1.81 bits per heavy atom. The van der Waals surface area contributed by atoms with Crippen LogP contribution in [0.25, 0.3) is 0 Å². The SMILES string of the molecule is CN(CC(F)(F)F)c1ccc(/C(N)=N/O)c(C(F)(F)F)c1. The van der Waals surface area contributed by atoms with E-state index in [1.165, 1.54) is 0 Å². The molecular weight excluding hydrogens is 304 g/mol. The van der Waals surface area contributed by atoms with Gasteiger partial charge in [-0.1, -0.05) is 5.16 Å². The lowest BCUT2D eigenvalue weighted by atomic mass is 10.0. The van der Waals surface area contributed by atoms with Crippen molar-refractivity contribution in [2.75, 3.05) is 18.5 Å². The second-order valence-corrected chi connectivity index (χ2v) is 4.18. The van der Waals surface area contributed by atoms with Gasteiger partial charge in [-0.15, -0.1) is 0 Å². The normalized spacial score (nSPS) is 13.4. The molecule has 1 aromatic rings. The molecule has 1 aromatic carbocycles. The molecule has 0 aromatic heterocycles. The van der Waals surface area contributed by atoms with E-state index >= 15 is 0 Å². The molecule has 0 saturated heterocycles. The van der Waals surface area contributed by atoms with Crippen molar-refractivity contribution in [3.8, 4) is 0 Å². The van der Waals surface area contributed by atoms with Crippen molar-refractivity contribution in [2.24, 2.45) is 10.9 Å². The lowest BCUT2D eigenvalue weighted by molar-refractivity contribution is -0.137. The molecule has 0 spiro atoms. The largest absolute Gasteiger partial charge is 0.417 e. The van der Waals surface area contributed by atoms with Gasteiger partial charge in [0, 0.05) is 18.3 Å². The third-order valence-corrected chi connectivity index (χ3v) is 2.55. The monoisotopic (exact) mass is 315 g/mol. The summed E-state index contributed by atoms with van der Waals surface area (Å²) in [6.07, 6.45) is -9.42. The van der Waals surface area contributed by atoms with E-state index in [4.69, 9.17) is 10.9 Å². The highest BCUT2D eigenvalue weighted by Gasteiger charge is 2.36. The van der Waals surface area contributed by atoms with Gasteiger partial charge in [0.2, 0.25) is 0 Å². The van der Waals surface area contributed by atoms with Gasteiger partial charge in [-0.2, -0.15) is 26.3 Å². The lowest BCUT2D eigenvalue weighted by Gasteiger charge is -2.23. The van der Waals surface area contributed by atoms with Crippen molar-refractivity contribution in [1.82, 2.24) is 0 Å². The van der Waals surface area contributed by atoms with E-state index in [2.05, 4.69) is 5.16 Å². The molecule has 0 aliphatic heterocycles. The predicted octanol–water partition coefficient (Wildman–Crippen LogP) is 2.80. The summed E-state index contributed by atoms with van der Waals surface area (Å²) in [6, 6.07) is 2.38. The predicted molar refractivity (Wildman–Crippen MR) is 63.3 cm³/mol. The minimum absolute atomic E-state index is 0.297. The molecule has 0 heterocycles. The molecule has 21 heavy (non-hydrogen) atoms. The second-order valence-electron chi connectivity index (χ2n) is 4.18. The lowest BCUT2D eigenvalue weighted by Crippen LogP contribution is -2.31. The van der Waals surface area contributed by atoms with Crippen molar-refractivity contribution in [1.29, 1.82) is 0 Å². The molecule has 118 valence electrons. The van der Waals surface area contributed by atoms with E-state index in [1.807, 2.05) is 0 Å². The Bertz CT molecular complexity index is 538. The zero-order valence-corrected chi connectivity index (χ0v) is 10.6. The molecule has 0 radical (unpaired) electrons. The van der Waals surface area contributed by atoms with Crippen molar-refractivity contribution in [3.63, 3.8) is 0 Å². The molecule has 0 fully saturated rings. The van der Waals surface area contributed by atoms with E-state index < -0.39 is 35.9 Å². The number of nitrogens with two attached hydrogens (primary N) is 1. The Morgan fingerprint density at radius 3 is 2.24 bits per heavy atom. The van der Waals surface area contributed by atoms with E-state index in [0.29, 0.717) is 11.0 Å². The highest BCUT2D eigenvalue weighted by atomic mass is 19.4. The Hall–Kier alpha value is -2.13. The number of anilines is 1. The maximum Gasteiger partial charge on any atom is 0.417 e. The minimum Gasteiger partial charge on any atom is -0.409 e. The smallest absolute Gasteiger partial charge is 0.409 e. The fourth-order valence-corrected chi connectivity index (χ4v) is 1.64. The van der Waals surface area contributed by atoms with Crippen LogP contribution in [0.15, 0.2) is 23.4 Å². The number of halogens is 6. The van der Waals surface area contributed by atoms with Gasteiger partial charge in [0.15, 0.2) is 5.84 Å². The number of benzene rings is 1. The van der Waals surface area contributed by atoms with Gasteiger partial charge < -0.3 is 15.8 Å². The Labute approximate surface area is 115 Å². The zero-order valence-electron chi connectivity index (χ0n) is 10.6. The standard InChI is InChI=1S/C11H11F6N3O/c1-20(5-10(12,13)14)6-2-3-7(9(18)19-21)8(4-6)11(15,16)17/h2-4,21H,5H2,1H3,(H2,18,19). The summed E-state index contributed by atoms with van der Waals surface area (Å²) < 4.78 is 75.4. The Kier molecular flexibility index (Phi) is 4.59. The maximum atomic E-state index is 12.9. The average molecular weight is 315 g/mol. The molecule has 0 saturated carbocycles. The summed E-state index contributed by atoms with van der Waals surface area (Å²) in [6.45, 7) is -1.41. The van der Waals surface area contributed by atoms with E-state index in [9.17, 15) is 26.3 Å². The van der Waals surface area contributed by atoms with Crippen molar-refractivity contribution < 1.29 is 31.5 Å². The first-order chi connectivity index (χ1) is 9.45. The summed E-state index contributed by atoms with van der Waals surface area (Å²) in [5.41, 5.74) is 2.92. The van der Waals surface area contributed by atoms with E-state index in [1.54, 1.807) is 0 Å². The summed E-state index contributed by atoms with van der Waals surface area (Å²) in [5.74, 6) is -0.785. The minimum atomic E-state index is -4.86. The summed E-state index contributed by atoms with van der Waals surface area (Å²) in [4.78, 5) is 0.616. The molecule has 0 atom stereocenters. The fraction of sp³-hybridized carbons (Fsp3) is 0.364. The number of nitrogens with zero attached hydrogens (tertiary/aromatic N) is 2. The van der Waals surface area contributed by atoms with Gasteiger partial charge in [0.1, 0.15) is 6.54 Å². The number of hydrogen-bond acceptors (Lipinski definition) is 3. The first-order valence-corrected chi connectivity index (χ1v) is 5.42. The van der Waals surface area contributed by atoms with Crippen LogP contribution in [0, 0.1) is 0 Å². The first kappa shape index (κ1) is 16.9. The number of hydrogen-bond donors (Lipinski definition) is 2. The fourth-order valence-electron chi connectivity index (χ4n) is 1.64. The van der Waals surface area contributed by atoms with Crippen LogP contribution < -0.4 is 10.6 Å². The van der Waals surface area contributed by atoms with Gasteiger partial charge in [-0.05, 0) is 18.2 Å². The third-order valence-electron chi connectivity index (χ3n) is 2.55. The van der Waals surface area contributed by atoms with E-state index in [-0.39, 0.29) is 5.69 Å². The van der Waals surface area contributed by atoms with Crippen LogP contribution in [0.5, 0.6) is 0 Å². The number of oxime groups is 1. The van der Waals surface area contributed by atoms with Gasteiger partial charge in [0.25, 0.3) is 0 Å². The third kappa shape index (κ3) is 4.43. The topological polar surface area (TPSA) is 61.8 Å². The van der Waals surface area contributed by atoms with Crippen LogP contribution in [0.2, 0.25) is 0 Å². The van der Waals surface area contributed by atoms with Crippen molar-refractivity contribution in [3.05, 3.63) is 29.3 Å². The van der Waals surface area contributed by atoms with Gasteiger partial charge >= 0.3 is 12.4 Å². The van der Waals surface area contributed by atoms with Crippen LogP contribution in [-0.2, 0) is 6.18 Å². The molecular formula is C11H11F6N3O. The molecule has 0 aliphatic rings. The Morgan fingerprint density at radius 1 is 1.24 bits per heavy atom. The highest BCUT2D eigenvalue weighted by molar-refractivity contribution is 5.99. The van der Waals surface area contributed by atoms with Crippen molar-refractivity contribution >= 4 is 11.5 Å². The van der Waals surface area contributed by atoms with Gasteiger partial charge in [-0.3, -0.25) is 0 Å². The molecule has 1 rings (SSSR count). The number of rotatable bonds is 3. The van der Waals surface area contributed by atoms with Gasteiger partial charge in [0.05, 0.1) is 5.56 Å². The molecule has 0 unspecified atom stereocenters. The molecule has 10 heteroatoms. The van der Waals surface area contributed by atoms with Crippen LogP contribution >= 0.6 is 0 Å². The summed E-state index contributed by atoms with van der Waals surface area (Å²) in [5, 5.41) is 10.9. The molecule has 0 amide bonds. The Balaban J connectivity index is 3.29. The zero-order chi connectivity index (χ0) is 16.4. The molecule has 3 N–H and O–H groups in total. The highest BCUT2D eigenvalue weighted by Crippen LogP contribution is 2.35. The van der Waals surface area contributed by atoms with Crippen LogP contribution in [0.1, 0.15) is 11.1 Å². The second kappa shape index (κ2) is 5.70. The van der Waals surface area contributed by atoms with Gasteiger partial charge in [-0.25, -0.2) is 0 Å². The quantitative estimate of drug-likeness (QED) is 0.296. The number of alkyl halides is 6. The molecule has 0 bridgehead atoms. The summed E-state index contributed by atoms with van der Waals surface area (Å²) in [7, 11) is 1.01. The average Bonchev–Trinajstić information content (AvgIpc) is 2.34. The molecule has 0 aliphatic carbocycles. The van der Waals surface area contributed by atoms with Crippen LogP contribution in [0.4, 0.5) is 32.0 Å². The van der Waals surface area contributed by atoms with Crippen LogP contribution in [-0.4, -0.2) is 30.8 Å². The maximum absolute atomic E-state index is 12.9. The first-order valence-electron chi connectivity index (χ1n) is 5.42.